The Morgan fingerprint density at radius 1 is 1.73 bits per heavy atom. The van der Waals surface area contributed by atoms with Crippen molar-refractivity contribution in [3.8, 4) is 0 Å². The Bertz CT molecular complexity index is 231. The van der Waals surface area contributed by atoms with E-state index in [9.17, 15) is 4.79 Å². The summed E-state index contributed by atoms with van der Waals surface area (Å²) in [6.07, 6.45) is 0.0273. The summed E-state index contributed by atoms with van der Waals surface area (Å²) in [6.45, 7) is 0. The third-order valence-electron chi connectivity index (χ3n) is 1.11. The van der Waals surface area contributed by atoms with Crippen LogP contribution in [0.2, 0.25) is 0 Å². The lowest BCUT2D eigenvalue weighted by atomic mass is 10.2. The lowest BCUT2D eigenvalue weighted by Gasteiger charge is -2.01. The quantitative estimate of drug-likeness (QED) is 0.470. The summed E-state index contributed by atoms with van der Waals surface area (Å²) >= 11 is 0. The van der Waals surface area contributed by atoms with Crippen molar-refractivity contribution in [3.63, 3.8) is 0 Å². The number of amides is 1. The number of nitrogens with zero attached hydrogens (tertiary/aromatic N) is 3. The first kappa shape index (κ1) is 7.61. The lowest BCUT2D eigenvalue weighted by Crippen LogP contribution is -2.21. The summed E-state index contributed by atoms with van der Waals surface area (Å²) in [4.78, 5) is 10.4. The summed E-state index contributed by atoms with van der Waals surface area (Å²) in [7, 11) is 0. The highest BCUT2D eigenvalue weighted by Crippen LogP contribution is 2.04. The molecule has 1 heterocycles. The van der Waals surface area contributed by atoms with Gasteiger partial charge in [0, 0.05) is 6.42 Å². The second-order valence-electron chi connectivity index (χ2n) is 2.05. The lowest BCUT2D eigenvalue weighted by molar-refractivity contribution is -0.118. The number of nitrogens with one attached hydrogen (secondary N) is 1. The smallest absolute Gasteiger partial charge is 0.219 e. The highest BCUT2D eigenvalue weighted by atomic mass is 16.1. The molecule has 1 atom stereocenters. The van der Waals surface area contributed by atoms with Gasteiger partial charge in [-0.15, -0.1) is 10.2 Å². The first-order valence-corrected chi connectivity index (χ1v) is 2.97. The fraction of sp³-hybridized carbons (Fsp3) is 0.500. The molecule has 11 heavy (non-hydrogen) atoms. The first-order chi connectivity index (χ1) is 5.20. The molecule has 0 fully saturated rings. The van der Waals surface area contributed by atoms with Crippen LogP contribution in [0.15, 0.2) is 0 Å². The molecule has 0 saturated carbocycles. The zero-order chi connectivity index (χ0) is 8.27. The predicted molar refractivity (Wildman–Crippen MR) is 34.9 cm³/mol. The Kier molecular flexibility index (Phi) is 2.12. The van der Waals surface area contributed by atoms with E-state index >= 15 is 0 Å². The molecule has 0 unspecified atom stereocenters. The van der Waals surface area contributed by atoms with Crippen LogP contribution in [0.3, 0.4) is 0 Å². The third-order valence-corrected chi connectivity index (χ3v) is 1.11. The normalized spacial score (nSPS) is 12.8. The van der Waals surface area contributed by atoms with Crippen LogP contribution in [0.1, 0.15) is 18.3 Å². The number of aromatic amines is 1. The van der Waals surface area contributed by atoms with Gasteiger partial charge in [-0.05, 0) is 0 Å². The van der Waals surface area contributed by atoms with Gasteiger partial charge in [0.25, 0.3) is 0 Å². The van der Waals surface area contributed by atoms with Crippen molar-refractivity contribution in [1.82, 2.24) is 20.6 Å². The van der Waals surface area contributed by atoms with Crippen LogP contribution in [0.25, 0.3) is 0 Å². The summed E-state index contributed by atoms with van der Waals surface area (Å²) in [5.41, 5.74) is 10.3. The number of nitrogens with two attached hydrogens (primary N) is 2. The number of aromatic nitrogens is 4. The molecular formula is C4H8N6O. The number of hydrogen-bond acceptors (Lipinski definition) is 5. The van der Waals surface area contributed by atoms with Gasteiger partial charge in [0.15, 0.2) is 5.82 Å². The van der Waals surface area contributed by atoms with E-state index < -0.39 is 11.9 Å². The van der Waals surface area contributed by atoms with Gasteiger partial charge in [-0.1, -0.05) is 5.21 Å². The van der Waals surface area contributed by atoms with E-state index in [-0.39, 0.29) is 6.42 Å². The number of hydrogen-bond donors (Lipinski definition) is 3. The van der Waals surface area contributed by atoms with Crippen molar-refractivity contribution < 1.29 is 4.79 Å². The molecule has 1 rings (SSSR count). The average Bonchev–Trinajstić information content (AvgIpc) is 2.35. The number of rotatable bonds is 3. The molecule has 0 aliphatic rings. The predicted octanol–water partition coefficient (Wildman–Crippen LogP) is -1.93. The van der Waals surface area contributed by atoms with Crippen LogP contribution >= 0.6 is 0 Å². The molecule has 7 nitrogen and oxygen atoms in total. The second kappa shape index (κ2) is 3.06. The molecule has 1 aromatic heterocycles. The van der Waals surface area contributed by atoms with E-state index in [4.69, 9.17) is 11.5 Å². The van der Waals surface area contributed by atoms with E-state index in [0.29, 0.717) is 5.82 Å². The largest absolute Gasteiger partial charge is 0.370 e. The molecule has 7 heteroatoms. The number of carbonyl (C=O) groups excluding carboxylic acids is 1. The highest BCUT2D eigenvalue weighted by molar-refractivity contribution is 5.74. The molecule has 0 bridgehead atoms. The number of tetrazole rings is 1. The summed E-state index contributed by atoms with van der Waals surface area (Å²) in [6, 6.07) is -0.564. The second-order valence-corrected chi connectivity index (χ2v) is 2.05. The molecule has 60 valence electrons. The molecular weight excluding hydrogens is 148 g/mol. The highest BCUT2D eigenvalue weighted by Gasteiger charge is 2.12. The topological polar surface area (TPSA) is 124 Å². The van der Waals surface area contributed by atoms with Gasteiger partial charge < -0.3 is 11.5 Å². The molecule has 1 amide bonds. The minimum Gasteiger partial charge on any atom is -0.370 e. The number of H-pyrrole nitrogens is 1. The van der Waals surface area contributed by atoms with Crippen LogP contribution in [-0.4, -0.2) is 26.5 Å². The van der Waals surface area contributed by atoms with E-state index in [1.807, 2.05) is 0 Å². The van der Waals surface area contributed by atoms with Crippen LogP contribution in [-0.2, 0) is 4.79 Å². The summed E-state index contributed by atoms with van der Waals surface area (Å²) in [5, 5.41) is 12.7. The zero-order valence-electron chi connectivity index (χ0n) is 5.69. The fourth-order valence-electron chi connectivity index (χ4n) is 0.635. The Morgan fingerprint density at radius 2 is 2.45 bits per heavy atom. The van der Waals surface area contributed by atoms with Gasteiger partial charge in [-0.25, -0.2) is 0 Å². The molecule has 0 saturated heterocycles. The zero-order valence-corrected chi connectivity index (χ0v) is 5.69. The van der Waals surface area contributed by atoms with Crippen molar-refractivity contribution in [2.75, 3.05) is 0 Å². The Morgan fingerprint density at radius 3 is 2.91 bits per heavy atom. The van der Waals surface area contributed by atoms with Crippen molar-refractivity contribution in [2.45, 2.75) is 12.5 Å². The van der Waals surface area contributed by atoms with Crippen molar-refractivity contribution in [2.24, 2.45) is 11.5 Å². The fourth-order valence-corrected chi connectivity index (χ4v) is 0.635. The Hall–Kier alpha value is -1.50. The summed E-state index contributed by atoms with van der Waals surface area (Å²) in [5.74, 6) is -0.189. The van der Waals surface area contributed by atoms with E-state index in [1.165, 1.54) is 0 Å². The Labute approximate surface area is 62.1 Å². The molecule has 5 N–H and O–H groups in total. The van der Waals surface area contributed by atoms with E-state index in [1.54, 1.807) is 0 Å². The molecule has 0 spiro atoms. The van der Waals surface area contributed by atoms with E-state index in [0.717, 1.165) is 0 Å². The number of primary amides is 1. The molecule has 0 aromatic carbocycles. The molecule has 1 aromatic rings. The van der Waals surface area contributed by atoms with Gasteiger partial charge >= 0.3 is 0 Å². The van der Waals surface area contributed by atoms with Crippen LogP contribution in [0, 0.1) is 0 Å². The molecule has 0 radical (unpaired) electrons. The number of carbonyl (C=O) groups is 1. The van der Waals surface area contributed by atoms with Crippen LogP contribution in [0.5, 0.6) is 0 Å². The average molecular weight is 156 g/mol. The molecule has 0 aliphatic heterocycles. The third kappa shape index (κ3) is 1.97. The van der Waals surface area contributed by atoms with Crippen molar-refractivity contribution >= 4 is 5.91 Å². The first-order valence-electron chi connectivity index (χ1n) is 2.97. The minimum atomic E-state index is -0.564. The van der Waals surface area contributed by atoms with Gasteiger partial charge in [0.05, 0.1) is 6.04 Å². The maximum absolute atomic E-state index is 10.4. The van der Waals surface area contributed by atoms with Crippen molar-refractivity contribution in [3.05, 3.63) is 5.82 Å². The van der Waals surface area contributed by atoms with Gasteiger partial charge in [-0.2, -0.15) is 5.21 Å². The maximum Gasteiger partial charge on any atom is 0.219 e. The standard InChI is InChI=1S/C4H8N6O/c5-2(1-3(6)11)4-7-9-10-8-4/h2H,1,5H2,(H2,6,11)(H,7,8,9,10)/t2-/m0/s1. The SMILES string of the molecule is NC(=O)C[C@H](N)c1nn[nH]n1. The summed E-state index contributed by atoms with van der Waals surface area (Å²) < 4.78 is 0. The monoisotopic (exact) mass is 156 g/mol. The van der Waals surface area contributed by atoms with Crippen LogP contribution < -0.4 is 11.5 Å². The van der Waals surface area contributed by atoms with Gasteiger partial charge in [0.2, 0.25) is 5.91 Å². The van der Waals surface area contributed by atoms with E-state index in [2.05, 4.69) is 20.6 Å². The van der Waals surface area contributed by atoms with Crippen molar-refractivity contribution in [1.29, 1.82) is 0 Å². The minimum absolute atomic E-state index is 0.0273. The van der Waals surface area contributed by atoms with Gasteiger partial charge in [-0.3, -0.25) is 4.79 Å². The van der Waals surface area contributed by atoms with Gasteiger partial charge in [0.1, 0.15) is 0 Å². The Balaban J connectivity index is 2.56. The van der Waals surface area contributed by atoms with Crippen LogP contribution in [0.4, 0.5) is 0 Å². The molecule has 0 aliphatic carbocycles. The maximum atomic E-state index is 10.4.